The van der Waals surface area contributed by atoms with Crippen molar-refractivity contribution in [1.82, 2.24) is 20.2 Å². The monoisotopic (exact) mass is 258 g/mol. The van der Waals surface area contributed by atoms with Crippen LogP contribution in [-0.4, -0.2) is 31.9 Å². The molecular formula is C14H18N4O. The summed E-state index contributed by atoms with van der Waals surface area (Å²) in [5.41, 5.74) is 2.33. The van der Waals surface area contributed by atoms with Gasteiger partial charge in [-0.3, -0.25) is 0 Å². The Morgan fingerprint density at radius 3 is 2.95 bits per heavy atom. The molecule has 1 aromatic carbocycles. The van der Waals surface area contributed by atoms with E-state index in [-0.39, 0.29) is 12.0 Å². The predicted molar refractivity (Wildman–Crippen MR) is 70.6 cm³/mol. The first kappa shape index (κ1) is 12.3. The summed E-state index contributed by atoms with van der Waals surface area (Å²) in [6.07, 6.45) is 3.80. The summed E-state index contributed by atoms with van der Waals surface area (Å²) >= 11 is 0. The highest BCUT2D eigenvalue weighted by atomic mass is 16.3. The van der Waals surface area contributed by atoms with Crippen LogP contribution in [-0.2, 0) is 25.3 Å². The van der Waals surface area contributed by atoms with Crippen LogP contribution in [0.2, 0.25) is 0 Å². The number of tetrazole rings is 1. The summed E-state index contributed by atoms with van der Waals surface area (Å²) in [4.78, 5) is 1.47. The molecule has 100 valence electrons. The number of aliphatic hydroxyl groups is 1. The third-order valence-corrected chi connectivity index (χ3v) is 4.04. The van der Waals surface area contributed by atoms with Gasteiger partial charge in [0.1, 0.15) is 0 Å². The predicted octanol–water partition coefficient (Wildman–Crippen LogP) is 1.02. The van der Waals surface area contributed by atoms with Gasteiger partial charge in [-0.1, -0.05) is 24.3 Å². The summed E-state index contributed by atoms with van der Waals surface area (Å²) in [6, 6.07) is 8.38. The number of fused-ring (bicyclic) bond motifs is 1. The lowest BCUT2D eigenvalue weighted by Gasteiger charge is -2.37. The fraction of sp³-hybridized carbons (Fsp3) is 0.500. The van der Waals surface area contributed by atoms with Gasteiger partial charge in [0.05, 0.1) is 13.7 Å². The molecule has 2 aromatic rings. The Balaban J connectivity index is 2.00. The van der Waals surface area contributed by atoms with Crippen LogP contribution >= 0.6 is 0 Å². The van der Waals surface area contributed by atoms with Gasteiger partial charge in [-0.15, -0.1) is 10.2 Å². The van der Waals surface area contributed by atoms with Gasteiger partial charge >= 0.3 is 0 Å². The highest BCUT2D eigenvalue weighted by Gasteiger charge is 2.37. The molecule has 0 bridgehead atoms. The van der Waals surface area contributed by atoms with E-state index in [0.717, 1.165) is 19.3 Å². The van der Waals surface area contributed by atoms with Crippen LogP contribution in [0.3, 0.4) is 0 Å². The van der Waals surface area contributed by atoms with Gasteiger partial charge in [-0.05, 0) is 35.6 Å². The lowest BCUT2D eigenvalue weighted by atomic mass is 9.68. The maximum atomic E-state index is 9.97. The number of hydrogen-bond acceptors (Lipinski definition) is 4. The Morgan fingerprint density at radius 1 is 1.37 bits per heavy atom. The topological polar surface area (TPSA) is 63.8 Å². The van der Waals surface area contributed by atoms with Gasteiger partial charge in [0.25, 0.3) is 0 Å². The van der Waals surface area contributed by atoms with Crippen molar-refractivity contribution in [3.05, 3.63) is 41.2 Å². The van der Waals surface area contributed by atoms with Crippen molar-refractivity contribution in [3.8, 4) is 0 Å². The van der Waals surface area contributed by atoms with Crippen LogP contribution in [0.4, 0.5) is 0 Å². The van der Waals surface area contributed by atoms with Crippen molar-refractivity contribution in [3.63, 3.8) is 0 Å². The molecule has 0 aliphatic heterocycles. The Bertz CT molecular complexity index is 580. The van der Waals surface area contributed by atoms with Crippen molar-refractivity contribution in [2.75, 3.05) is 6.61 Å². The Morgan fingerprint density at radius 2 is 2.21 bits per heavy atom. The van der Waals surface area contributed by atoms with E-state index in [1.54, 1.807) is 7.05 Å². The second-order valence-corrected chi connectivity index (χ2v) is 5.32. The summed E-state index contributed by atoms with van der Waals surface area (Å²) in [5, 5.41) is 22.2. The fourth-order valence-electron chi connectivity index (χ4n) is 3.11. The van der Waals surface area contributed by atoms with Gasteiger partial charge in [-0.25, -0.2) is 0 Å². The Kier molecular flexibility index (Phi) is 3.06. The maximum Gasteiger partial charge on any atom is 0.175 e. The number of rotatable bonds is 3. The van der Waals surface area contributed by atoms with E-state index in [4.69, 9.17) is 0 Å². The molecule has 5 nitrogen and oxygen atoms in total. The lowest BCUT2D eigenvalue weighted by molar-refractivity contribution is 0.171. The van der Waals surface area contributed by atoms with Gasteiger partial charge in [0.2, 0.25) is 0 Å². The molecule has 1 unspecified atom stereocenters. The average Bonchev–Trinajstić information content (AvgIpc) is 2.84. The van der Waals surface area contributed by atoms with Crippen LogP contribution in [0.5, 0.6) is 0 Å². The summed E-state index contributed by atoms with van der Waals surface area (Å²) in [7, 11) is 1.76. The number of aliphatic hydroxyl groups excluding tert-OH is 1. The fourth-order valence-corrected chi connectivity index (χ4v) is 3.11. The smallest absolute Gasteiger partial charge is 0.175 e. The van der Waals surface area contributed by atoms with Gasteiger partial charge in [0.15, 0.2) is 5.82 Å². The van der Waals surface area contributed by atoms with E-state index < -0.39 is 0 Å². The Hall–Kier alpha value is -1.75. The van der Waals surface area contributed by atoms with Crippen molar-refractivity contribution in [2.24, 2.45) is 7.05 Å². The minimum atomic E-state index is -0.252. The molecule has 1 aromatic heterocycles. The quantitative estimate of drug-likeness (QED) is 0.892. The van der Waals surface area contributed by atoms with Crippen LogP contribution < -0.4 is 0 Å². The first-order chi connectivity index (χ1) is 9.23. The van der Waals surface area contributed by atoms with E-state index in [1.165, 1.54) is 15.9 Å². The maximum absolute atomic E-state index is 9.97. The number of aromatic nitrogens is 4. The standard InChI is InChI=1S/C14H18N4O/c1-18-16-13(15-17-18)9-14(10-19)8-4-6-11-5-2-3-7-12(11)14/h2-3,5,7,19H,4,6,8-10H2,1H3. The molecule has 0 saturated carbocycles. The molecule has 0 spiro atoms. The molecule has 1 aliphatic rings. The molecule has 0 saturated heterocycles. The van der Waals surface area contributed by atoms with Crippen LogP contribution in [0, 0.1) is 0 Å². The van der Waals surface area contributed by atoms with Crippen LogP contribution in [0.15, 0.2) is 24.3 Å². The number of hydrogen-bond donors (Lipinski definition) is 1. The first-order valence-electron chi connectivity index (χ1n) is 6.66. The zero-order chi connectivity index (χ0) is 13.3. The molecule has 19 heavy (non-hydrogen) atoms. The van der Waals surface area contributed by atoms with Gasteiger partial charge < -0.3 is 5.11 Å². The Labute approximate surface area is 112 Å². The van der Waals surface area contributed by atoms with Gasteiger partial charge in [0, 0.05) is 11.8 Å². The minimum absolute atomic E-state index is 0.127. The first-order valence-corrected chi connectivity index (χ1v) is 6.66. The SMILES string of the molecule is Cn1nnc(CC2(CO)CCCc3ccccc32)n1. The highest BCUT2D eigenvalue weighted by molar-refractivity contribution is 5.37. The normalized spacial score (nSPS) is 22.2. The van der Waals surface area contributed by atoms with E-state index in [2.05, 4.69) is 33.6 Å². The van der Waals surface area contributed by atoms with Crippen molar-refractivity contribution in [1.29, 1.82) is 0 Å². The van der Waals surface area contributed by atoms with Crippen LogP contribution in [0.25, 0.3) is 0 Å². The third kappa shape index (κ3) is 2.14. The van der Waals surface area contributed by atoms with Crippen molar-refractivity contribution >= 4 is 0 Å². The molecule has 0 fully saturated rings. The molecule has 1 atom stereocenters. The summed E-state index contributed by atoms with van der Waals surface area (Å²) in [6.45, 7) is 0.127. The molecule has 1 aliphatic carbocycles. The number of nitrogens with zero attached hydrogens (tertiary/aromatic N) is 4. The molecule has 3 rings (SSSR count). The second kappa shape index (κ2) is 4.74. The highest BCUT2D eigenvalue weighted by Crippen LogP contribution is 2.39. The number of benzene rings is 1. The lowest BCUT2D eigenvalue weighted by Crippen LogP contribution is -2.37. The zero-order valence-electron chi connectivity index (χ0n) is 11.1. The molecule has 1 heterocycles. The van der Waals surface area contributed by atoms with Crippen LogP contribution in [0.1, 0.15) is 29.8 Å². The van der Waals surface area contributed by atoms with Gasteiger partial charge in [-0.2, -0.15) is 4.80 Å². The molecule has 5 heteroatoms. The largest absolute Gasteiger partial charge is 0.395 e. The second-order valence-electron chi connectivity index (χ2n) is 5.32. The summed E-state index contributed by atoms with van der Waals surface area (Å²) < 4.78 is 0. The van der Waals surface area contributed by atoms with Crippen molar-refractivity contribution < 1.29 is 5.11 Å². The van der Waals surface area contributed by atoms with E-state index >= 15 is 0 Å². The van der Waals surface area contributed by atoms with E-state index in [0.29, 0.717) is 12.2 Å². The molecule has 1 N–H and O–H groups in total. The molecular weight excluding hydrogens is 240 g/mol. The number of aryl methyl sites for hydroxylation is 2. The van der Waals surface area contributed by atoms with E-state index in [9.17, 15) is 5.11 Å². The molecule has 0 amide bonds. The van der Waals surface area contributed by atoms with Crippen molar-refractivity contribution in [2.45, 2.75) is 31.1 Å². The average molecular weight is 258 g/mol. The third-order valence-electron chi connectivity index (χ3n) is 4.04. The minimum Gasteiger partial charge on any atom is -0.395 e. The summed E-state index contributed by atoms with van der Waals surface area (Å²) in [5.74, 6) is 0.702. The van der Waals surface area contributed by atoms with E-state index in [1.807, 2.05) is 6.07 Å². The molecule has 0 radical (unpaired) electrons. The zero-order valence-corrected chi connectivity index (χ0v) is 11.1.